The van der Waals surface area contributed by atoms with E-state index in [2.05, 4.69) is 30.9 Å². The highest BCUT2D eigenvalue weighted by molar-refractivity contribution is 9.10. The molecule has 1 aliphatic rings. The molecule has 2 aromatic heterocycles. The van der Waals surface area contributed by atoms with Gasteiger partial charge >= 0.3 is 0 Å². The Kier molecular flexibility index (Phi) is 3.46. The molecule has 0 spiro atoms. The number of nitrogen functional groups attached to an aromatic ring is 1. The van der Waals surface area contributed by atoms with Crippen LogP contribution in [0.2, 0.25) is 0 Å². The van der Waals surface area contributed by atoms with Crippen molar-refractivity contribution in [2.24, 2.45) is 0 Å². The summed E-state index contributed by atoms with van der Waals surface area (Å²) in [4.78, 5) is 13.1. The summed E-state index contributed by atoms with van der Waals surface area (Å²) in [5.41, 5.74) is 7.88. The molecule has 0 aliphatic heterocycles. The number of halogens is 1. The molecule has 19 heavy (non-hydrogen) atoms. The summed E-state index contributed by atoms with van der Waals surface area (Å²) >= 11 is 3.41. The Labute approximate surface area is 120 Å². The molecule has 0 aromatic carbocycles. The van der Waals surface area contributed by atoms with E-state index in [1.807, 2.05) is 12.1 Å². The van der Waals surface area contributed by atoms with Crippen molar-refractivity contribution < 1.29 is 0 Å². The van der Waals surface area contributed by atoms with Crippen LogP contribution in [0.4, 0.5) is 5.82 Å². The molecule has 98 valence electrons. The van der Waals surface area contributed by atoms with Crippen molar-refractivity contribution in [1.82, 2.24) is 15.0 Å². The Morgan fingerprint density at radius 3 is 2.63 bits per heavy atom. The van der Waals surface area contributed by atoms with Crippen LogP contribution in [0.5, 0.6) is 0 Å². The van der Waals surface area contributed by atoms with Crippen LogP contribution < -0.4 is 5.73 Å². The van der Waals surface area contributed by atoms with E-state index >= 15 is 0 Å². The number of rotatable bonds is 2. The summed E-state index contributed by atoms with van der Waals surface area (Å²) in [6.45, 7) is 0. The number of pyridine rings is 1. The van der Waals surface area contributed by atoms with Gasteiger partial charge in [0.15, 0.2) is 5.82 Å². The second-order valence-electron chi connectivity index (χ2n) is 4.91. The summed E-state index contributed by atoms with van der Waals surface area (Å²) in [6.07, 6.45) is 8.47. The lowest BCUT2D eigenvalue weighted by Crippen LogP contribution is -2.03. The van der Waals surface area contributed by atoms with Crippen molar-refractivity contribution in [2.45, 2.75) is 31.6 Å². The molecule has 0 bridgehead atoms. The lowest BCUT2D eigenvalue weighted by Gasteiger charge is -2.11. The Bertz CT molecular complexity index is 594. The molecule has 2 N–H and O–H groups in total. The third-order valence-corrected chi connectivity index (χ3v) is 3.94. The first-order valence-corrected chi connectivity index (χ1v) is 7.27. The fourth-order valence-electron chi connectivity index (χ4n) is 2.58. The molecule has 0 radical (unpaired) electrons. The lowest BCUT2D eigenvalue weighted by molar-refractivity contribution is 0.696. The molecule has 3 rings (SSSR count). The molecular formula is C14H15BrN4. The van der Waals surface area contributed by atoms with Crippen molar-refractivity contribution in [3.05, 3.63) is 34.7 Å². The average molecular weight is 319 g/mol. The van der Waals surface area contributed by atoms with Crippen molar-refractivity contribution in [1.29, 1.82) is 0 Å². The highest BCUT2D eigenvalue weighted by atomic mass is 79.9. The summed E-state index contributed by atoms with van der Waals surface area (Å²) in [5, 5.41) is 0. The minimum atomic E-state index is 0.532. The largest absolute Gasteiger partial charge is 0.384 e. The van der Waals surface area contributed by atoms with Crippen molar-refractivity contribution in [2.75, 3.05) is 5.73 Å². The maximum atomic E-state index is 5.92. The number of hydrogen-bond donors (Lipinski definition) is 1. The Morgan fingerprint density at radius 1 is 1.11 bits per heavy atom. The zero-order valence-corrected chi connectivity index (χ0v) is 12.1. The Morgan fingerprint density at radius 2 is 1.89 bits per heavy atom. The Hall–Kier alpha value is -1.49. The van der Waals surface area contributed by atoms with E-state index in [0.717, 1.165) is 15.7 Å². The average Bonchev–Trinajstić information content (AvgIpc) is 2.92. The van der Waals surface area contributed by atoms with E-state index < -0.39 is 0 Å². The first-order chi connectivity index (χ1) is 9.22. The van der Waals surface area contributed by atoms with Crippen LogP contribution in [0.15, 0.2) is 29.0 Å². The molecule has 1 aliphatic carbocycles. The molecule has 1 fully saturated rings. The standard InChI is InChI=1S/C14H15BrN4/c15-11-5-10(7-17-8-11)14-18-12(6-13(16)19-14)9-3-1-2-4-9/h5-9H,1-4H2,(H2,16,18,19). The molecule has 1 saturated carbocycles. The van der Waals surface area contributed by atoms with Crippen LogP contribution in [0.1, 0.15) is 37.3 Å². The number of nitrogens with zero attached hydrogens (tertiary/aromatic N) is 3. The van der Waals surface area contributed by atoms with Crippen molar-refractivity contribution in [3.63, 3.8) is 0 Å². The first kappa shape index (κ1) is 12.5. The summed E-state index contributed by atoms with van der Waals surface area (Å²) in [6, 6.07) is 3.87. The maximum absolute atomic E-state index is 5.92. The molecule has 0 saturated heterocycles. The van der Waals surface area contributed by atoms with Gasteiger partial charge in [0.1, 0.15) is 5.82 Å². The molecule has 0 unspecified atom stereocenters. The predicted octanol–water partition coefficient (Wildman–Crippen LogP) is 3.54. The molecule has 5 heteroatoms. The number of aromatic nitrogens is 3. The van der Waals surface area contributed by atoms with Gasteiger partial charge in [-0.05, 0) is 34.8 Å². The van der Waals surface area contributed by atoms with E-state index in [1.54, 1.807) is 12.4 Å². The molecule has 2 aromatic rings. The molecule has 0 amide bonds. The van der Waals surface area contributed by atoms with Gasteiger partial charge < -0.3 is 5.73 Å². The van der Waals surface area contributed by atoms with Gasteiger partial charge in [-0.2, -0.15) is 0 Å². The first-order valence-electron chi connectivity index (χ1n) is 6.48. The van der Waals surface area contributed by atoms with Crippen LogP contribution in [0.3, 0.4) is 0 Å². The van der Waals surface area contributed by atoms with E-state index in [9.17, 15) is 0 Å². The van der Waals surface area contributed by atoms with Crippen molar-refractivity contribution >= 4 is 21.7 Å². The van der Waals surface area contributed by atoms with Gasteiger partial charge in [0, 0.05) is 40.1 Å². The fourth-order valence-corrected chi connectivity index (χ4v) is 2.94. The molecule has 4 nitrogen and oxygen atoms in total. The van der Waals surface area contributed by atoms with Gasteiger partial charge in [-0.15, -0.1) is 0 Å². The van der Waals surface area contributed by atoms with E-state index in [4.69, 9.17) is 5.73 Å². The highest BCUT2D eigenvalue weighted by Crippen LogP contribution is 2.34. The second kappa shape index (κ2) is 5.25. The van der Waals surface area contributed by atoms with E-state index in [1.165, 1.54) is 25.7 Å². The van der Waals surface area contributed by atoms with Crippen LogP contribution >= 0.6 is 15.9 Å². The Balaban J connectivity index is 2.01. The maximum Gasteiger partial charge on any atom is 0.163 e. The third kappa shape index (κ3) is 2.76. The van der Waals surface area contributed by atoms with Crippen molar-refractivity contribution in [3.8, 4) is 11.4 Å². The van der Waals surface area contributed by atoms with Gasteiger partial charge in [-0.25, -0.2) is 9.97 Å². The minimum Gasteiger partial charge on any atom is -0.384 e. The number of anilines is 1. The van der Waals surface area contributed by atoms with Gasteiger partial charge in [0.25, 0.3) is 0 Å². The van der Waals surface area contributed by atoms with E-state index in [-0.39, 0.29) is 0 Å². The zero-order valence-electron chi connectivity index (χ0n) is 10.5. The number of nitrogens with two attached hydrogens (primary N) is 1. The highest BCUT2D eigenvalue weighted by Gasteiger charge is 2.20. The summed E-state index contributed by atoms with van der Waals surface area (Å²) in [7, 11) is 0. The van der Waals surface area contributed by atoms with E-state index in [0.29, 0.717) is 17.6 Å². The fraction of sp³-hybridized carbons (Fsp3) is 0.357. The van der Waals surface area contributed by atoms with Crippen LogP contribution in [-0.2, 0) is 0 Å². The summed E-state index contributed by atoms with van der Waals surface area (Å²) in [5.74, 6) is 1.73. The zero-order chi connectivity index (χ0) is 13.2. The summed E-state index contributed by atoms with van der Waals surface area (Å²) < 4.78 is 0.915. The monoisotopic (exact) mass is 318 g/mol. The smallest absolute Gasteiger partial charge is 0.163 e. The van der Waals surface area contributed by atoms with Crippen LogP contribution in [0.25, 0.3) is 11.4 Å². The minimum absolute atomic E-state index is 0.532. The molecular weight excluding hydrogens is 304 g/mol. The third-order valence-electron chi connectivity index (χ3n) is 3.50. The van der Waals surface area contributed by atoms with Crippen LogP contribution in [-0.4, -0.2) is 15.0 Å². The number of hydrogen-bond acceptors (Lipinski definition) is 4. The predicted molar refractivity (Wildman–Crippen MR) is 78.6 cm³/mol. The topological polar surface area (TPSA) is 64.7 Å². The SMILES string of the molecule is Nc1cc(C2CCCC2)nc(-c2cncc(Br)c2)n1. The molecule has 2 heterocycles. The van der Waals surface area contributed by atoms with Gasteiger partial charge in [-0.1, -0.05) is 12.8 Å². The second-order valence-corrected chi connectivity index (χ2v) is 5.83. The van der Waals surface area contributed by atoms with Gasteiger partial charge in [-0.3, -0.25) is 4.98 Å². The normalized spacial score (nSPS) is 15.8. The van der Waals surface area contributed by atoms with Crippen LogP contribution in [0, 0.1) is 0 Å². The molecule has 0 atom stereocenters. The van der Waals surface area contributed by atoms with Gasteiger partial charge in [0.2, 0.25) is 0 Å². The van der Waals surface area contributed by atoms with Gasteiger partial charge in [0.05, 0.1) is 0 Å². The lowest BCUT2D eigenvalue weighted by atomic mass is 10.0. The quantitative estimate of drug-likeness (QED) is 0.919.